The van der Waals surface area contributed by atoms with Gasteiger partial charge in [-0.1, -0.05) is 35.3 Å². The SMILES string of the molecule is Clc1ccc(-n2c(-c3ccco3)nc3nc4ccccc4nc32)cc1Cl. The molecule has 0 aliphatic carbocycles. The molecule has 2 aromatic carbocycles. The van der Waals surface area contributed by atoms with Gasteiger partial charge in [0, 0.05) is 0 Å². The molecule has 0 amide bonds. The minimum absolute atomic E-state index is 0.449. The van der Waals surface area contributed by atoms with E-state index in [0.29, 0.717) is 32.9 Å². The zero-order valence-corrected chi connectivity index (χ0v) is 14.7. The summed E-state index contributed by atoms with van der Waals surface area (Å²) in [6.45, 7) is 0. The van der Waals surface area contributed by atoms with Crippen LogP contribution in [0.4, 0.5) is 0 Å². The standard InChI is InChI=1S/C19H10Cl2N4O/c20-12-8-7-11(10-13(12)21)25-18(16-6-3-9-26-16)24-17-19(25)23-15-5-2-1-4-14(15)22-17/h1-10H. The lowest BCUT2D eigenvalue weighted by molar-refractivity contribution is 0.576. The Bertz CT molecular complexity index is 1260. The van der Waals surface area contributed by atoms with Crippen LogP contribution in [0.2, 0.25) is 10.0 Å². The monoisotopic (exact) mass is 380 g/mol. The van der Waals surface area contributed by atoms with Crippen LogP contribution in [0.25, 0.3) is 39.6 Å². The Morgan fingerprint density at radius 1 is 0.808 bits per heavy atom. The van der Waals surface area contributed by atoms with E-state index in [1.54, 1.807) is 18.4 Å². The third-order valence-electron chi connectivity index (χ3n) is 4.07. The zero-order valence-electron chi connectivity index (χ0n) is 13.2. The second-order valence-electron chi connectivity index (χ2n) is 5.71. The molecule has 5 nitrogen and oxygen atoms in total. The number of aromatic nitrogens is 4. The van der Waals surface area contributed by atoms with E-state index in [1.807, 2.05) is 47.0 Å². The maximum Gasteiger partial charge on any atom is 0.199 e. The second kappa shape index (κ2) is 5.83. The van der Waals surface area contributed by atoms with Crippen LogP contribution in [0.1, 0.15) is 0 Å². The summed E-state index contributed by atoms with van der Waals surface area (Å²) in [5.41, 5.74) is 3.49. The van der Waals surface area contributed by atoms with Gasteiger partial charge >= 0.3 is 0 Å². The van der Waals surface area contributed by atoms with Crippen LogP contribution in [0, 0.1) is 0 Å². The summed E-state index contributed by atoms with van der Waals surface area (Å²) in [6, 6.07) is 16.7. The quantitative estimate of drug-likeness (QED) is 0.403. The van der Waals surface area contributed by atoms with Crippen molar-refractivity contribution in [3.05, 3.63) is 70.9 Å². The fourth-order valence-corrected chi connectivity index (χ4v) is 3.19. The molecule has 5 rings (SSSR count). The van der Waals surface area contributed by atoms with Gasteiger partial charge in [0.1, 0.15) is 0 Å². The van der Waals surface area contributed by atoms with Crippen molar-refractivity contribution in [1.82, 2.24) is 19.5 Å². The number of hydrogen-bond donors (Lipinski definition) is 0. The van der Waals surface area contributed by atoms with Gasteiger partial charge in [0.05, 0.1) is 33.0 Å². The van der Waals surface area contributed by atoms with Crippen molar-refractivity contribution in [3.63, 3.8) is 0 Å². The number of furan rings is 1. The minimum atomic E-state index is 0.449. The molecule has 0 atom stereocenters. The summed E-state index contributed by atoms with van der Waals surface area (Å²) in [6.07, 6.45) is 1.60. The van der Waals surface area contributed by atoms with Gasteiger partial charge in [0.25, 0.3) is 0 Å². The predicted octanol–water partition coefficient (Wildman–Crippen LogP) is 5.54. The van der Waals surface area contributed by atoms with E-state index in [9.17, 15) is 0 Å². The summed E-state index contributed by atoms with van der Waals surface area (Å²) in [5.74, 6) is 1.21. The highest BCUT2D eigenvalue weighted by molar-refractivity contribution is 6.42. The van der Waals surface area contributed by atoms with Crippen molar-refractivity contribution in [2.24, 2.45) is 0 Å². The van der Waals surface area contributed by atoms with E-state index in [1.165, 1.54) is 0 Å². The first-order valence-corrected chi connectivity index (χ1v) is 8.61. The van der Waals surface area contributed by atoms with E-state index in [-0.39, 0.29) is 0 Å². The highest BCUT2D eigenvalue weighted by Gasteiger charge is 2.19. The molecule has 0 radical (unpaired) electrons. The van der Waals surface area contributed by atoms with Crippen LogP contribution in [-0.2, 0) is 0 Å². The third kappa shape index (κ3) is 2.36. The lowest BCUT2D eigenvalue weighted by Gasteiger charge is -2.08. The summed E-state index contributed by atoms with van der Waals surface area (Å²) in [7, 11) is 0. The molecular weight excluding hydrogens is 371 g/mol. The van der Waals surface area contributed by atoms with Gasteiger partial charge in [0.2, 0.25) is 0 Å². The topological polar surface area (TPSA) is 56.7 Å². The highest BCUT2D eigenvalue weighted by Crippen LogP contribution is 2.31. The number of para-hydroxylation sites is 2. The van der Waals surface area contributed by atoms with Gasteiger partial charge in [-0.2, -0.15) is 0 Å². The number of halogens is 2. The van der Waals surface area contributed by atoms with Gasteiger partial charge in [0.15, 0.2) is 22.9 Å². The molecule has 0 saturated heterocycles. The van der Waals surface area contributed by atoms with Crippen molar-refractivity contribution in [3.8, 4) is 17.3 Å². The van der Waals surface area contributed by atoms with Gasteiger partial charge in [-0.05, 0) is 42.5 Å². The van der Waals surface area contributed by atoms with E-state index < -0.39 is 0 Å². The molecular formula is C19H10Cl2N4O. The largest absolute Gasteiger partial charge is 0.461 e. The van der Waals surface area contributed by atoms with Gasteiger partial charge in [-0.3, -0.25) is 4.57 Å². The van der Waals surface area contributed by atoms with Crippen LogP contribution in [-0.4, -0.2) is 19.5 Å². The molecule has 0 bridgehead atoms. The van der Waals surface area contributed by atoms with Crippen LogP contribution >= 0.6 is 23.2 Å². The molecule has 3 aromatic heterocycles. The summed E-state index contributed by atoms with van der Waals surface area (Å²) in [4.78, 5) is 14.0. The molecule has 126 valence electrons. The third-order valence-corrected chi connectivity index (χ3v) is 4.81. The fourth-order valence-electron chi connectivity index (χ4n) is 2.90. The fraction of sp³-hybridized carbons (Fsp3) is 0. The van der Waals surface area contributed by atoms with E-state index in [0.717, 1.165) is 16.7 Å². The lowest BCUT2D eigenvalue weighted by atomic mass is 10.3. The summed E-state index contributed by atoms with van der Waals surface area (Å²) in [5, 5.41) is 0.932. The van der Waals surface area contributed by atoms with Gasteiger partial charge < -0.3 is 4.42 Å². The first-order chi connectivity index (χ1) is 12.7. The molecule has 0 unspecified atom stereocenters. The average molecular weight is 381 g/mol. The molecule has 5 aromatic rings. The first kappa shape index (κ1) is 15.4. The molecule has 26 heavy (non-hydrogen) atoms. The average Bonchev–Trinajstić information content (AvgIpc) is 3.29. The van der Waals surface area contributed by atoms with Gasteiger partial charge in [-0.15, -0.1) is 0 Å². The van der Waals surface area contributed by atoms with E-state index >= 15 is 0 Å². The smallest absolute Gasteiger partial charge is 0.199 e. The Morgan fingerprint density at radius 2 is 1.62 bits per heavy atom. The Kier molecular flexibility index (Phi) is 3.45. The Balaban J connectivity index is 1.89. The first-order valence-electron chi connectivity index (χ1n) is 7.85. The number of fused-ring (bicyclic) bond motifs is 2. The summed E-state index contributed by atoms with van der Waals surface area (Å²) >= 11 is 12.3. The number of nitrogens with zero attached hydrogens (tertiary/aromatic N) is 4. The van der Waals surface area contributed by atoms with Crippen molar-refractivity contribution in [2.75, 3.05) is 0 Å². The van der Waals surface area contributed by atoms with Crippen LogP contribution in [0.15, 0.2) is 65.3 Å². The lowest BCUT2D eigenvalue weighted by Crippen LogP contribution is -1.99. The van der Waals surface area contributed by atoms with Gasteiger partial charge in [-0.25, -0.2) is 15.0 Å². The molecule has 0 fully saturated rings. The van der Waals surface area contributed by atoms with Crippen molar-refractivity contribution < 1.29 is 4.42 Å². The molecule has 0 saturated carbocycles. The number of hydrogen-bond acceptors (Lipinski definition) is 4. The number of rotatable bonds is 2. The van der Waals surface area contributed by atoms with Crippen molar-refractivity contribution in [1.29, 1.82) is 0 Å². The molecule has 0 aliphatic rings. The molecule has 7 heteroatoms. The van der Waals surface area contributed by atoms with Crippen LogP contribution < -0.4 is 0 Å². The molecule has 0 spiro atoms. The Hall–Kier alpha value is -2.89. The number of imidazole rings is 1. The zero-order chi connectivity index (χ0) is 17.7. The van der Waals surface area contributed by atoms with E-state index in [4.69, 9.17) is 32.6 Å². The summed E-state index contributed by atoms with van der Waals surface area (Å²) < 4.78 is 7.44. The number of benzene rings is 2. The predicted molar refractivity (Wildman–Crippen MR) is 102 cm³/mol. The Labute approximate surface area is 157 Å². The molecule has 0 N–H and O–H groups in total. The Morgan fingerprint density at radius 3 is 2.35 bits per heavy atom. The maximum absolute atomic E-state index is 6.23. The molecule has 0 aliphatic heterocycles. The van der Waals surface area contributed by atoms with Crippen molar-refractivity contribution >= 4 is 45.5 Å². The highest BCUT2D eigenvalue weighted by atomic mass is 35.5. The van der Waals surface area contributed by atoms with E-state index in [2.05, 4.69) is 9.97 Å². The maximum atomic E-state index is 6.23. The van der Waals surface area contributed by atoms with Crippen molar-refractivity contribution in [2.45, 2.75) is 0 Å². The van der Waals surface area contributed by atoms with Crippen LogP contribution in [0.5, 0.6) is 0 Å². The van der Waals surface area contributed by atoms with Crippen LogP contribution in [0.3, 0.4) is 0 Å². The minimum Gasteiger partial charge on any atom is -0.461 e. The normalized spacial score (nSPS) is 11.5. The molecule has 3 heterocycles. The second-order valence-corrected chi connectivity index (χ2v) is 6.52.